The minimum absolute atomic E-state index is 0.276. The lowest BCUT2D eigenvalue weighted by molar-refractivity contribution is 0.393. The lowest BCUT2D eigenvalue weighted by Gasteiger charge is -2.31. The van der Waals surface area contributed by atoms with Crippen molar-refractivity contribution >= 4 is 10.1 Å². The number of rotatable bonds is 4. The SMILES string of the molecule is CCC(C)CC1(S(=O)(=O)O)C=CC(C)=CC1. The molecule has 0 heterocycles. The van der Waals surface area contributed by atoms with Crippen LogP contribution in [0, 0.1) is 5.92 Å². The molecule has 0 radical (unpaired) electrons. The molecule has 2 unspecified atom stereocenters. The number of hydrogen-bond acceptors (Lipinski definition) is 2. The minimum atomic E-state index is -4.05. The van der Waals surface area contributed by atoms with Crippen LogP contribution in [0.5, 0.6) is 0 Å². The molecule has 1 N–H and O–H groups in total. The van der Waals surface area contributed by atoms with Gasteiger partial charge in [-0.2, -0.15) is 8.42 Å². The molecular formula is C12H20O3S. The van der Waals surface area contributed by atoms with Crippen LogP contribution in [0.1, 0.15) is 40.0 Å². The molecule has 92 valence electrons. The smallest absolute Gasteiger partial charge is 0.274 e. The molecule has 4 heteroatoms. The minimum Gasteiger partial charge on any atom is -0.285 e. The maximum atomic E-state index is 11.5. The van der Waals surface area contributed by atoms with E-state index in [9.17, 15) is 13.0 Å². The van der Waals surface area contributed by atoms with E-state index < -0.39 is 14.9 Å². The van der Waals surface area contributed by atoms with Gasteiger partial charge in [0.15, 0.2) is 0 Å². The summed E-state index contributed by atoms with van der Waals surface area (Å²) >= 11 is 0. The topological polar surface area (TPSA) is 54.4 Å². The van der Waals surface area contributed by atoms with E-state index in [2.05, 4.69) is 0 Å². The van der Waals surface area contributed by atoms with Crippen molar-refractivity contribution in [1.29, 1.82) is 0 Å². The average Bonchev–Trinajstić information content (AvgIpc) is 2.20. The Morgan fingerprint density at radius 1 is 1.56 bits per heavy atom. The molecule has 0 aromatic heterocycles. The van der Waals surface area contributed by atoms with Gasteiger partial charge in [-0.1, -0.05) is 44.1 Å². The fraction of sp³-hybridized carbons (Fsp3) is 0.667. The van der Waals surface area contributed by atoms with Gasteiger partial charge in [-0.15, -0.1) is 0 Å². The van der Waals surface area contributed by atoms with Crippen LogP contribution in [-0.4, -0.2) is 17.7 Å². The van der Waals surface area contributed by atoms with Gasteiger partial charge in [-0.05, 0) is 25.7 Å². The molecule has 0 saturated heterocycles. The molecule has 0 saturated carbocycles. The van der Waals surface area contributed by atoms with Crippen LogP contribution >= 0.6 is 0 Å². The maximum Gasteiger partial charge on any atom is 0.274 e. The fourth-order valence-electron chi connectivity index (χ4n) is 1.94. The highest BCUT2D eigenvalue weighted by molar-refractivity contribution is 7.87. The van der Waals surface area contributed by atoms with Gasteiger partial charge in [0.2, 0.25) is 0 Å². The first-order valence-corrected chi connectivity index (χ1v) is 7.08. The van der Waals surface area contributed by atoms with Crippen molar-refractivity contribution < 1.29 is 13.0 Å². The van der Waals surface area contributed by atoms with E-state index in [4.69, 9.17) is 0 Å². The highest BCUT2D eigenvalue weighted by Gasteiger charge is 2.41. The van der Waals surface area contributed by atoms with E-state index in [1.165, 1.54) is 0 Å². The zero-order valence-corrected chi connectivity index (χ0v) is 10.9. The van der Waals surface area contributed by atoms with E-state index in [0.717, 1.165) is 12.0 Å². The first-order chi connectivity index (χ1) is 7.31. The zero-order valence-electron chi connectivity index (χ0n) is 10.1. The summed E-state index contributed by atoms with van der Waals surface area (Å²) in [4.78, 5) is 0. The third kappa shape index (κ3) is 2.74. The van der Waals surface area contributed by atoms with Crippen molar-refractivity contribution in [2.45, 2.75) is 44.8 Å². The molecule has 0 amide bonds. The van der Waals surface area contributed by atoms with Crippen LogP contribution in [0.15, 0.2) is 23.8 Å². The molecule has 0 bridgehead atoms. The molecule has 1 aliphatic rings. The van der Waals surface area contributed by atoms with Crippen molar-refractivity contribution in [2.75, 3.05) is 0 Å². The molecule has 0 aliphatic heterocycles. The van der Waals surface area contributed by atoms with Crippen molar-refractivity contribution in [3.63, 3.8) is 0 Å². The predicted octanol–water partition coefficient (Wildman–Crippen LogP) is 2.96. The lowest BCUT2D eigenvalue weighted by Crippen LogP contribution is -2.38. The Labute approximate surface area is 98.0 Å². The van der Waals surface area contributed by atoms with Gasteiger partial charge >= 0.3 is 0 Å². The largest absolute Gasteiger partial charge is 0.285 e. The Balaban J connectivity index is 3.03. The molecule has 16 heavy (non-hydrogen) atoms. The predicted molar refractivity (Wildman–Crippen MR) is 65.9 cm³/mol. The summed E-state index contributed by atoms with van der Waals surface area (Å²) in [6.07, 6.45) is 7.05. The second kappa shape index (κ2) is 4.72. The molecular weight excluding hydrogens is 224 g/mol. The van der Waals surface area contributed by atoms with Crippen molar-refractivity contribution in [3.8, 4) is 0 Å². The standard InChI is InChI=1S/C12H20O3S/c1-4-10(2)9-12(16(13,14)15)7-5-11(3)6-8-12/h5-7,10H,4,8-9H2,1-3H3,(H,13,14,15). The monoisotopic (exact) mass is 244 g/mol. The van der Waals surface area contributed by atoms with Gasteiger partial charge in [0, 0.05) is 0 Å². The van der Waals surface area contributed by atoms with E-state index >= 15 is 0 Å². The van der Waals surface area contributed by atoms with Crippen LogP contribution in [-0.2, 0) is 10.1 Å². The van der Waals surface area contributed by atoms with E-state index in [-0.39, 0.29) is 5.92 Å². The molecule has 1 rings (SSSR count). The highest BCUT2D eigenvalue weighted by Crippen LogP contribution is 2.35. The Hall–Kier alpha value is -0.610. The molecule has 0 aromatic carbocycles. The number of allylic oxidation sites excluding steroid dienone is 3. The Bertz CT molecular complexity index is 406. The van der Waals surface area contributed by atoms with Crippen LogP contribution in [0.25, 0.3) is 0 Å². The molecule has 3 nitrogen and oxygen atoms in total. The number of hydrogen-bond donors (Lipinski definition) is 1. The van der Waals surface area contributed by atoms with Crippen LogP contribution in [0.3, 0.4) is 0 Å². The van der Waals surface area contributed by atoms with E-state index in [0.29, 0.717) is 12.8 Å². The maximum absolute atomic E-state index is 11.5. The third-order valence-electron chi connectivity index (χ3n) is 3.32. The summed E-state index contributed by atoms with van der Waals surface area (Å²) in [5.74, 6) is 0.276. The quantitative estimate of drug-likeness (QED) is 0.773. The molecule has 1 aliphatic carbocycles. The van der Waals surface area contributed by atoms with Gasteiger partial charge in [0.25, 0.3) is 10.1 Å². The Morgan fingerprint density at radius 2 is 2.19 bits per heavy atom. The van der Waals surface area contributed by atoms with Crippen LogP contribution in [0.4, 0.5) is 0 Å². The summed E-state index contributed by atoms with van der Waals surface area (Å²) < 4.78 is 31.4. The van der Waals surface area contributed by atoms with Crippen LogP contribution < -0.4 is 0 Å². The summed E-state index contributed by atoms with van der Waals surface area (Å²) in [5.41, 5.74) is 1.04. The lowest BCUT2D eigenvalue weighted by atomic mass is 9.87. The molecule has 2 atom stereocenters. The second-order valence-corrected chi connectivity index (χ2v) is 6.51. The molecule has 0 spiro atoms. The summed E-state index contributed by atoms with van der Waals surface area (Å²) in [5, 5.41) is 0. The Kier molecular flexibility index (Phi) is 3.97. The average molecular weight is 244 g/mol. The first kappa shape index (κ1) is 13.5. The zero-order chi connectivity index (χ0) is 12.4. The van der Waals surface area contributed by atoms with Crippen molar-refractivity contribution in [3.05, 3.63) is 23.8 Å². The first-order valence-electron chi connectivity index (χ1n) is 5.64. The molecule has 0 fully saturated rings. The van der Waals surface area contributed by atoms with E-state index in [1.54, 1.807) is 12.2 Å². The fourth-order valence-corrected chi connectivity index (χ4v) is 2.96. The second-order valence-electron chi connectivity index (χ2n) is 4.74. The van der Waals surface area contributed by atoms with E-state index in [1.807, 2.05) is 26.8 Å². The van der Waals surface area contributed by atoms with Gasteiger partial charge in [0.1, 0.15) is 4.75 Å². The van der Waals surface area contributed by atoms with Gasteiger partial charge < -0.3 is 0 Å². The summed E-state index contributed by atoms with van der Waals surface area (Å²) in [6.45, 7) is 5.95. The van der Waals surface area contributed by atoms with Gasteiger partial charge in [-0.25, -0.2) is 0 Å². The molecule has 0 aromatic rings. The Morgan fingerprint density at radius 3 is 2.56 bits per heavy atom. The highest BCUT2D eigenvalue weighted by atomic mass is 32.2. The van der Waals surface area contributed by atoms with Gasteiger partial charge in [-0.3, -0.25) is 4.55 Å². The van der Waals surface area contributed by atoms with Gasteiger partial charge in [0.05, 0.1) is 0 Å². The third-order valence-corrected chi connectivity index (χ3v) is 4.82. The van der Waals surface area contributed by atoms with Crippen molar-refractivity contribution in [2.24, 2.45) is 5.92 Å². The normalized spacial score (nSPS) is 27.6. The summed E-state index contributed by atoms with van der Waals surface area (Å²) in [7, 11) is -4.05. The van der Waals surface area contributed by atoms with Crippen molar-refractivity contribution in [1.82, 2.24) is 0 Å². The van der Waals surface area contributed by atoms with Crippen LogP contribution in [0.2, 0.25) is 0 Å². The summed E-state index contributed by atoms with van der Waals surface area (Å²) in [6, 6.07) is 0.